The monoisotopic (exact) mass is 164 g/mol. The molecule has 0 atom stereocenters. The van der Waals surface area contributed by atoms with Crippen molar-refractivity contribution in [2.24, 2.45) is 0 Å². The standard InChI is InChI=1S/C8H12N4/c9-7-4-11-8(5-10-7)12-6-2-1-3-6/h4-6H,1-3H2,(H2,9,10)(H,11,12). The topological polar surface area (TPSA) is 63.8 Å². The van der Waals surface area contributed by atoms with Gasteiger partial charge in [0.1, 0.15) is 11.6 Å². The summed E-state index contributed by atoms with van der Waals surface area (Å²) in [7, 11) is 0. The number of hydrogen-bond acceptors (Lipinski definition) is 4. The van der Waals surface area contributed by atoms with Gasteiger partial charge < -0.3 is 11.1 Å². The van der Waals surface area contributed by atoms with Gasteiger partial charge in [-0.15, -0.1) is 0 Å². The number of anilines is 2. The minimum absolute atomic E-state index is 0.467. The molecular weight excluding hydrogens is 152 g/mol. The van der Waals surface area contributed by atoms with Crippen LogP contribution < -0.4 is 11.1 Å². The Balaban J connectivity index is 1.98. The first-order chi connectivity index (χ1) is 5.84. The van der Waals surface area contributed by atoms with Gasteiger partial charge in [-0.25, -0.2) is 9.97 Å². The van der Waals surface area contributed by atoms with Crippen LogP contribution in [0.2, 0.25) is 0 Å². The lowest BCUT2D eigenvalue weighted by atomic mass is 9.93. The molecule has 1 aromatic heterocycles. The van der Waals surface area contributed by atoms with Gasteiger partial charge in [0.2, 0.25) is 0 Å². The molecule has 0 saturated heterocycles. The maximum atomic E-state index is 5.40. The van der Waals surface area contributed by atoms with Crippen molar-refractivity contribution in [1.82, 2.24) is 9.97 Å². The van der Waals surface area contributed by atoms with Crippen molar-refractivity contribution < 1.29 is 0 Å². The fraction of sp³-hybridized carbons (Fsp3) is 0.500. The van der Waals surface area contributed by atoms with Gasteiger partial charge in [0.15, 0.2) is 0 Å². The van der Waals surface area contributed by atoms with Crippen LogP contribution in [0.15, 0.2) is 12.4 Å². The summed E-state index contributed by atoms with van der Waals surface area (Å²) in [5, 5.41) is 3.28. The Morgan fingerprint density at radius 3 is 2.67 bits per heavy atom. The van der Waals surface area contributed by atoms with Crippen molar-refractivity contribution in [3.63, 3.8) is 0 Å². The molecule has 0 amide bonds. The Morgan fingerprint density at radius 1 is 1.33 bits per heavy atom. The van der Waals surface area contributed by atoms with E-state index < -0.39 is 0 Å². The van der Waals surface area contributed by atoms with Crippen molar-refractivity contribution in [3.8, 4) is 0 Å². The highest BCUT2D eigenvalue weighted by Gasteiger charge is 2.16. The molecule has 64 valence electrons. The Kier molecular flexibility index (Phi) is 1.81. The minimum atomic E-state index is 0.467. The first-order valence-electron chi connectivity index (χ1n) is 4.18. The number of nitrogens with two attached hydrogens (primary N) is 1. The molecule has 1 fully saturated rings. The van der Waals surface area contributed by atoms with Gasteiger partial charge in [0.05, 0.1) is 12.4 Å². The van der Waals surface area contributed by atoms with Crippen LogP contribution >= 0.6 is 0 Å². The van der Waals surface area contributed by atoms with E-state index in [-0.39, 0.29) is 0 Å². The van der Waals surface area contributed by atoms with Crippen LogP contribution in [0.4, 0.5) is 11.6 Å². The van der Waals surface area contributed by atoms with Crippen LogP contribution in [-0.2, 0) is 0 Å². The second-order valence-electron chi connectivity index (χ2n) is 3.10. The molecule has 12 heavy (non-hydrogen) atoms. The third kappa shape index (κ3) is 1.47. The van der Waals surface area contributed by atoms with E-state index in [1.165, 1.54) is 19.3 Å². The molecule has 4 nitrogen and oxygen atoms in total. The summed E-state index contributed by atoms with van der Waals surface area (Å²) in [6, 6.07) is 0.600. The second kappa shape index (κ2) is 2.97. The summed E-state index contributed by atoms with van der Waals surface area (Å²) in [6.45, 7) is 0. The molecule has 0 spiro atoms. The summed E-state index contributed by atoms with van der Waals surface area (Å²) in [6.07, 6.45) is 7.05. The van der Waals surface area contributed by atoms with Crippen molar-refractivity contribution in [3.05, 3.63) is 12.4 Å². The summed E-state index contributed by atoms with van der Waals surface area (Å²) in [5.74, 6) is 1.29. The zero-order valence-corrected chi connectivity index (χ0v) is 6.83. The number of nitrogens with zero attached hydrogens (tertiary/aromatic N) is 2. The molecule has 2 rings (SSSR count). The van der Waals surface area contributed by atoms with Gasteiger partial charge >= 0.3 is 0 Å². The summed E-state index contributed by atoms with van der Waals surface area (Å²) >= 11 is 0. The van der Waals surface area contributed by atoms with E-state index in [4.69, 9.17) is 5.73 Å². The van der Waals surface area contributed by atoms with Crippen LogP contribution in [0.25, 0.3) is 0 Å². The van der Waals surface area contributed by atoms with Crippen molar-refractivity contribution in [2.75, 3.05) is 11.1 Å². The van der Waals surface area contributed by atoms with Crippen LogP contribution in [0.1, 0.15) is 19.3 Å². The molecule has 0 bridgehead atoms. The van der Waals surface area contributed by atoms with Crippen molar-refractivity contribution in [1.29, 1.82) is 0 Å². The van der Waals surface area contributed by atoms with Crippen molar-refractivity contribution >= 4 is 11.6 Å². The van der Waals surface area contributed by atoms with Gasteiger partial charge in [0, 0.05) is 6.04 Å². The zero-order valence-electron chi connectivity index (χ0n) is 6.83. The second-order valence-corrected chi connectivity index (χ2v) is 3.10. The Labute approximate surface area is 71.2 Å². The molecule has 0 aliphatic heterocycles. The van der Waals surface area contributed by atoms with Crippen molar-refractivity contribution in [2.45, 2.75) is 25.3 Å². The number of hydrogen-bond donors (Lipinski definition) is 2. The molecule has 1 aliphatic rings. The molecular formula is C8H12N4. The summed E-state index contributed by atoms with van der Waals surface area (Å²) in [5.41, 5.74) is 5.40. The maximum Gasteiger partial charge on any atom is 0.144 e. The molecule has 0 radical (unpaired) electrons. The van der Waals surface area contributed by atoms with Gasteiger partial charge in [0.25, 0.3) is 0 Å². The van der Waals surface area contributed by atoms with Gasteiger partial charge in [-0.2, -0.15) is 0 Å². The van der Waals surface area contributed by atoms with E-state index in [2.05, 4.69) is 15.3 Å². The highest BCUT2D eigenvalue weighted by atomic mass is 15.0. The van der Waals surface area contributed by atoms with E-state index in [1.54, 1.807) is 12.4 Å². The fourth-order valence-corrected chi connectivity index (χ4v) is 1.17. The van der Waals surface area contributed by atoms with Crippen LogP contribution in [0, 0.1) is 0 Å². The zero-order chi connectivity index (χ0) is 8.39. The lowest BCUT2D eigenvalue weighted by Crippen LogP contribution is -2.27. The van der Waals surface area contributed by atoms with E-state index in [0.717, 1.165) is 5.82 Å². The molecule has 0 aromatic carbocycles. The molecule has 3 N–H and O–H groups in total. The predicted molar refractivity (Wildman–Crippen MR) is 47.7 cm³/mol. The molecule has 1 aliphatic carbocycles. The van der Waals surface area contributed by atoms with E-state index in [9.17, 15) is 0 Å². The number of rotatable bonds is 2. The summed E-state index contributed by atoms with van der Waals surface area (Å²) < 4.78 is 0. The van der Waals surface area contributed by atoms with E-state index in [1.807, 2.05) is 0 Å². The average Bonchev–Trinajstić information content (AvgIpc) is 2.00. The Bertz CT molecular complexity index is 252. The maximum absolute atomic E-state index is 5.40. The Hall–Kier alpha value is -1.32. The SMILES string of the molecule is Nc1cnc(NC2CCC2)cn1. The molecule has 0 unspecified atom stereocenters. The molecule has 4 heteroatoms. The number of nitrogens with one attached hydrogen (secondary N) is 1. The van der Waals surface area contributed by atoms with E-state index in [0.29, 0.717) is 11.9 Å². The van der Waals surface area contributed by atoms with Gasteiger partial charge in [-0.1, -0.05) is 0 Å². The van der Waals surface area contributed by atoms with Crippen LogP contribution in [-0.4, -0.2) is 16.0 Å². The fourth-order valence-electron chi connectivity index (χ4n) is 1.17. The molecule has 1 saturated carbocycles. The largest absolute Gasteiger partial charge is 0.382 e. The predicted octanol–water partition coefficient (Wildman–Crippen LogP) is 1.02. The number of aromatic nitrogens is 2. The third-order valence-electron chi connectivity index (χ3n) is 2.13. The Morgan fingerprint density at radius 2 is 2.17 bits per heavy atom. The normalized spacial score (nSPS) is 17.0. The van der Waals surface area contributed by atoms with E-state index >= 15 is 0 Å². The van der Waals surface area contributed by atoms with Gasteiger partial charge in [-0.05, 0) is 19.3 Å². The molecule has 1 heterocycles. The lowest BCUT2D eigenvalue weighted by Gasteiger charge is -2.26. The average molecular weight is 164 g/mol. The highest BCUT2D eigenvalue weighted by molar-refractivity contribution is 5.37. The first-order valence-corrected chi connectivity index (χ1v) is 4.18. The molecule has 1 aromatic rings. The van der Waals surface area contributed by atoms with Crippen LogP contribution in [0.3, 0.4) is 0 Å². The first kappa shape index (κ1) is 7.34. The van der Waals surface area contributed by atoms with Gasteiger partial charge in [-0.3, -0.25) is 0 Å². The highest BCUT2D eigenvalue weighted by Crippen LogP contribution is 2.21. The summed E-state index contributed by atoms with van der Waals surface area (Å²) in [4.78, 5) is 8.04. The quantitative estimate of drug-likeness (QED) is 0.685. The lowest BCUT2D eigenvalue weighted by molar-refractivity contribution is 0.444. The third-order valence-corrected chi connectivity index (χ3v) is 2.13. The minimum Gasteiger partial charge on any atom is -0.382 e. The smallest absolute Gasteiger partial charge is 0.144 e. The van der Waals surface area contributed by atoms with Crippen LogP contribution in [0.5, 0.6) is 0 Å². The number of nitrogen functional groups attached to an aromatic ring is 1.